The Morgan fingerprint density at radius 3 is 2.79 bits per heavy atom. The molecule has 0 aliphatic heterocycles. The van der Waals surface area contributed by atoms with Crippen molar-refractivity contribution in [2.45, 2.75) is 13.0 Å². The molecule has 148 valence electrons. The van der Waals surface area contributed by atoms with Crippen molar-refractivity contribution >= 4 is 27.3 Å². The molecule has 0 fully saturated rings. The number of carbonyl (C=O) groups excluding carboxylic acids is 1. The Morgan fingerprint density at radius 2 is 2.00 bits per heavy atom. The molecule has 7 heteroatoms. The SMILES string of the molecule is COCc1c(C(=O)NCCc2ccn(-c3ccccc3)n2)sc2cccc(F)c12. The number of para-hydroxylation sites is 1. The molecule has 1 N–H and O–H groups in total. The van der Waals surface area contributed by atoms with Crippen LogP contribution in [0.25, 0.3) is 15.8 Å². The molecule has 4 rings (SSSR count). The van der Waals surface area contributed by atoms with Crippen molar-refractivity contribution in [3.8, 4) is 5.69 Å². The lowest BCUT2D eigenvalue weighted by molar-refractivity contribution is 0.0954. The highest BCUT2D eigenvalue weighted by atomic mass is 32.1. The number of methoxy groups -OCH3 is 1. The summed E-state index contributed by atoms with van der Waals surface area (Å²) in [5.74, 6) is -0.559. The van der Waals surface area contributed by atoms with Gasteiger partial charge in [-0.3, -0.25) is 4.79 Å². The van der Waals surface area contributed by atoms with Crippen LogP contribution in [0.4, 0.5) is 4.39 Å². The molecule has 0 saturated carbocycles. The zero-order valence-electron chi connectivity index (χ0n) is 15.9. The van der Waals surface area contributed by atoms with E-state index in [-0.39, 0.29) is 18.3 Å². The topological polar surface area (TPSA) is 56.1 Å². The predicted molar refractivity (Wildman–Crippen MR) is 112 cm³/mol. The van der Waals surface area contributed by atoms with Gasteiger partial charge < -0.3 is 10.1 Å². The van der Waals surface area contributed by atoms with Crippen molar-refractivity contribution < 1.29 is 13.9 Å². The number of ether oxygens (including phenoxy) is 1. The number of amides is 1. The van der Waals surface area contributed by atoms with E-state index in [1.807, 2.05) is 53.3 Å². The molecule has 0 saturated heterocycles. The van der Waals surface area contributed by atoms with Crippen molar-refractivity contribution in [1.82, 2.24) is 15.1 Å². The van der Waals surface area contributed by atoms with Gasteiger partial charge in [0, 0.05) is 41.9 Å². The fourth-order valence-electron chi connectivity index (χ4n) is 3.24. The number of benzene rings is 2. The summed E-state index contributed by atoms with van der Waals surface area (Å²) in [6.45, 7) is 0.624. The Bertz CT molecular complexity index is 1140. The van der Waals surface area contributed by atoms with E-state index in [1.54, 1.807) is 6.07 Å². The van der Waals surface area contributed by atoms with Crippen LogP contribution in [0, 0.1) is 5.82 Å². The predicted octanol–water partition coefficient (Wildman–Crippen LogP) is 4.35. The summed E-state index contributed by atoms with van der Waals surface area (Å²) in [7, 11) is 1.54. The molecule has 0 bridgehead atoms. The van der Waals surface area contributed by atoms with E-state index in [2.05, 4.69) is 10.4 Å². The largest absolute Gasteiger partial charge is 0.380 e. The van der Waals surface area contributed by atoms with Gasteiger partial charge in [-0.05, 0) is 30.3 Å². The molecule has 2 heterocycles. The summed E-state index contributed by atoms with van der Waals surface area (Å²) < 4.78 is 22.0. The first-order chi connectivity index (χ1) is 14.2. The zero-order valence-corrected chi connectivity index (χ0v) is 16.7. The number of hydrogen-bond acceptors (Lipinski definition) is 4. The summed E-state index contributed by atoms with van der Waals surface area (Å²) >= 11 is 1.28. The van der Waals surface area contributed by atoms with Crippen LogP contribution in [0.2, 0.25) is 0 Å². The normalized spacial score (nSPS) is 11.1. The highest BCUT2D eigenvalue weighted by Gasteiger charge is 2.20. The van der Waals surface area contributed by atoms with Crippen LogP contribution < -0.4 is 5.32 Å². The van der Waals surface area contributed by atoms with Crippen LogP contribution in [-0.4, -0.2) is 29.3 Å². The van der Waals surface area contributed by atoms with E-state index in [0.29, 0.717) is 28.8 Å². The molecule has 0 aliphatic carbocycles. The molecular formula is C22H20FN3O2S. The first-order valence-electron chi connectivity index (χ1n) is 9.24. The molecular weight excluding hydrogens is 389 g/mol. The average molecular weight is 409 g/mol. The standard InChI is InChI=1S/C22H20FN3O2S/c1-28-14-17-20-18(23)8-5-9-19(20)29-21(17)22(27)24-12-10-15-11-13-26(25-15)16-6-3-2-4-7-16/h2-9,11,13H,10,12,14H2,1H3,(H,24,27). The number of carbonyl (C=O) groups is 1. The fourth-order valence-corrected chi connectivity index (χ4v) is 4.38. The van der Waals surface area contributed by atoms with Gasteiger partial charge in [0.15, 0.2) is 0 Å². The minimum atomic E-state index is -0.337. The minimum Gasteiger partial charge on any atom is -0.380 e. The average Bonchev–Trinajstić information content (AvgIpc) is 3.35. The van der Waals surface area contributed by atoms with Gasteiger partial charge in [-0.2, -0.15) is 5.10 Å². The smallest absolute Gasteiger partial charge is 0.261 e. The number of halogens is 1. The van der Waals surface area contributed by atoms with Crippen molar-refractivity contribution in [1.29, 1.82) is 0 Å². The van der Waals surface area contributed by atoms with Crippen LogP contribution >= 0.6 is 11.3 Å². The van der Waals surface area contributed by atoms with Crippen molar-refractivity contribution in [2.24, 2.45) is 0 Å². The molecule has 1 amide bonds. The Kier molecular flexibility index (Phi) is 5.69. The number of nitrogens with one attached hydrogen (secondary N) is 1. The van der Waals surface area contributed by atoms with E-state index in [9.17, 15) is 9.18 Å². The molecule has 4 aromatic rings. The van der Waals surface area contributed by atoms with Crippen LogP contribution in [0.1, 0.15) is 20.9 Å². The van der Waals surface area contributed by atoms with Gasteiger partial charge >= 0.3 is 0 Å². The quantitative estimate of drug-likeness (QED) is 0.494. The number of thiophene rings is 1. The molecule has 0 unspecified atom stereocenters. The summed E-state index contributed by atoms with van der Waals surface area (Å²) in [5, 5.41) is 7.93. The first kappa shape index (κ1) is 19.3. The number of hydrogen-bond donors (Lipinski definition) is 1. The van der Waals surface area contributed by atoms with E-state index in [0.717, 1.165) is 16.1 Å². The summed E-state index contributed by atoms with van der Waals surface area (Å²) in [4.78, 5) is 13.2. The first-order valence-corrected chi connectivity index (χ1v) is 10.1. The lowest BCUT2D eigenvalue weighted by Gasteiger charge is -2.06. The lowest BCUT2D eigenvalue weighted by atomic mass is 10.1. The van der Waals surface area contributed by atoms with Gasteiger partial charge in [0.25, 0.3) is 5.91 Å². The van der Waals surface area contributed by atoms with Gasteiger partial charge in [-0.15, -0.1) is 11.3 Å². The van der Waals surface area contributed by atoms with E-state index in [4.69, 9.17) is 4.74 Å². The van der Waals surface area contributed by atoms with Crippen molar-refractivity contribution in [2.75, 3.05) is 13.7 Å². The van der Waals surface area contributed by atoms with Gasteiger partial charge in [0.1, 0.15) is 5.82 Å². The van der Waals surface area contributed by atoms with Crippen LogP contribution in [0.3, 0.4) is 0 Å². The van der Waals surface area contributed by atoms with Crippen LogP contribution in [0.5, 0.6) is 0 Å². The number of nitrogens with zero attached hydrogens (tertiary/aromatic N) is 2. The third kappa shape index (κ3) is 4.06. The number of fused-ring (bicyclic) bond motifs is 1. The number of rotatable bonds is 7. The van der Waals surface area contributed by atoms with Gasteiger partial charge in [-0.1, -0.05) is 24.3 Å². The Hall–Kier alpha value is -3.03. The van der Waals surface area contributed by atoms with E-state index in [1.165, 1.54) is 24.5 Å². The number of aromatic nitrogens is 2. The minimum absolute atomic E-state index is 0.186. The highest BCUT2D eigenvalue weighted by molar-refractivity contribution is 7.21. The molecule has 0 spiro atoms. The maximum absolute atomic E-state index is 14.3. The van der Waals surface area contributed by atoms with Crippen molar-refractivity contribution in [3.05, 3.63) is 82.7 Å². The molecule has 0 aliphatic rings. The third-order valence-corrected chi connectivity index (χ3v) is 5.79. The summed E-state index contributed by atoms with van der Waals surface area (Å²) in [6, 6.07) is 16.6. The monoisotopic (exact) mass is 409 g/mol. The Morgan fingerprint density at radius 1 is 1.17 bits per heavy atom. The molecule has 5 nitrogen and oxygen atoms in total. The molecule has 2 aromatic carbocycles. The van der Waals surface area contributed by atoms with Gasteiger partial charge in [0.05, 0.1) is 22.9 Å². The summed E-state index contributed by atoms with van der Waals surface area (Å²) in [5.41, 5.74) is 2.46. The lowest BCUT2D eigenvalue weighted by Crippen LogP contribution is -2.26. The maximum atomic E-state index is 14.3. The second kappa shape index (κ2) is 8.55. The Balaban J connectivity index is 1.45. The van der Waals surface area contributed by atoms with Gasteiger partial charge in [0.2, 0.25) is 0 Å². The van der Waals surface area contributed by atoms with Gasteiger partial charge in [-0.25, -0.2) is 9.07 Å². The van der Waals surface area contributed by atoms with Crippen molar-refractivity contribution in [3.63, 3.8) is 0 Å². The third-order valence-electron chi connectivity index (χ3n) is 4.59. The summed E-state index contributed by atoms with van der Waals surface area (Å²) in [6.07, 6.45) is 2.50. The molecule has 0 atom stereocenters. The van der Waals surface area contributed by atoms with E-state index >= 15 is 0 Å². The highest BCUT2D eigenvalue weighted by Crippen LogP contribution is 2.33. The molecule has 0 radical (unpaired) electrons. The van der Waals surface area contributed by atoms with Crippen LogP contribution in [0.15, 0.2) is 60.8 Å². The Labute approximate surface area is 171 Å². The second-order valence-electron chi connectivity index (χ2n) is 6.55. The zero-order chi connectivity index (χ0) is 20.2. The molecule has 29 heavy (non-hydrogen) atoms. The maximum Gasteiger partial charge on any atom is 0.261 e. The second-order valence-corrected chi connectivity index (χ2v) is 7.60. The van der Waals surface area contributed by atoms with E-state index < -0.39 is 0 Å². The molecule has 2 aromatic heterocycles. The van der Waals surface area contributed by atoms with Crippen LogP contribution in [-0.2, 0) is 17.8 Å². The fraction of sp³-hybridized carbons (Fsp3) is 0.182.